The van der Waals surface area contributed by atoms with Crippen LogP contribution < -0.4 is 5.32 Å². The van der Waals surface area contributed by atoms with Gasteiger partial charge in [-0.2, -0.15) is 0 Å². The zero-order valence-electron chi connectivity index (χ0n) is 13.1. The van der Waals surface area contributed by atoms with Crippen LogP contribution in [0.4, 0.5) is 0 Å². The van der Waals surface area contributed by atoms with Crippen LogP contribution >= 0.6 is 0 Å². The predicted octanol–water partition coefficient (Wildman–Crippen LogP) is 2.33. The molecule has 2 aliphatic rings. The van der Waals surface area contributed by atoms with Crippen LogP contribution in [0.1, 0.15) is 59.3 Å². The van der Waals surface area contributed by atoms with Crippen molar-refractivity contribution in [1.82, 2.24) is 10.2 Å². The number of carbonyl (C=O) groups is 2. The lowest BCUT2D eigenvalue weighted by Gasteiger charge is -2.29. The third-order valence-corrected chi connectivity index (χ3v) is 4.52. The van der Waals surface area contributed by atoms with Crippen molar-refractivity contribution in [2.24, 2.45) is 11.3 Å². The standard InChI is InChI=1S/C16H28N2O2/c1-4-6-16(7-8-16)11-18-9-5-14(19)17-13(15(18)20)10-12(2)3/h12-13H,4-11H2,1-3H3,(H,17,19). The summed E-state index contributed by atoms with van der Waals surface area (Å²) in [6.45, 7) is 7.83. The summed E-state index contributed by atoms with van der Waals surface area (Å²) in [7, 11) is 0. The van der Waals surface area contributed by atoms with Crippen molar-refractivity contribution in [3.05, 3.63) is 0 Å². The average Bonchev–Trinajstić information content (AvgIpc) is 3.13. The van der Waals surface area contributed by atoms with Gasteiger partial charge in [-0.25, -0.2) is 0 Å². The quantitative estimate of drug-likeness (QED) is 0.812. The van der Waals surface area contributed by atoms with Gasteiger partial charge in [-0.05, 0) is 37.0 Å². The highest BCUT2D eigenvalue weighted by Gasteiger charge is 2.44. The molecule has 0 radical (unpaired) electrons. The monoisotopic (exact) mass is 280 g/mol. The second kappa shape index (κ2) is 6.15. The third kappa shape index (κ3) is 3.74. The molecule has 1 atom stereocenters. The van der Waals surface area contributed by atoms with Gasteiger partial charge in [0.15, 0.2) is 0 Å². The lowest BCUT2D eigenvalue weighted by atomic mass is 9.98. The van der Waals surface area contributed by atoms with Gasteiger partial charge in [-0.15, -0.1) is 0 Å². The molecule has 1 heterocycles. The van der Waals surface area contributed by atoms with Crippen molar-refractivity contribution in [3.8, 4) is 0 Å². The van der Waals surface area contributed by atoms with E-state index < -0.39 is 0 Å². The van der Waals surface area contributed by atoms with E-state index in [1.165, 1.54) is 25.7 Å². The highest BCUT2D eigenvalue weighted by molar-refractivity contribution is 5.90. The Morgan fingerprint density at radius 2 is 2.05 bits per heavy atom. The number of amides is 2. The van der Waals surface area contributed by atoms with E-state index in [9.17, 15) is 9.59 Å². The Labute approximate surface area is 122 Å². The summed E-state index contributed by atoms with van der Waals surface area (Å²) in [4.78, 5) is 26.4. The molecule has 0 aromatic carbocycles. The molecule has 1 saturated heterocycles. The summed E-state index contributed by atoms with van der Waals surface area (Å²) < 4.78 is 0. The highest BCUT2D eigenvalue weighted by Crippen LogP contribution is 2.50. The molecule has 0 aromatic rings. The number of nitrogens with one attached hydrogen (secondary N) is 1. The van der Waals surface area contributed by atoms with Crippen LogP contribution in [0.3, 0.4) is 0 Å². The van der Waals surface area contributed by atoms with Crippen LogP contribution in [0.25, 0.3) is 0 Å². The maximum Gasteiger partial charge on any atom is 0.245 e. The second-order valence-electron chi connectivity index (χ2n) is 7.01. The topological polar surface area (TPSA) is 49.4 Å². The van der Waals surface area contributed by atoms with E-state index in [4.69, 9.17) is 0 Å². The van der Waals surface area contributed by atoms with Crippen LogP contribution in [0, 0.1) is 11.3 Å². The Hall–Kier alpha value is -1.06. The Morgan fingerprint density at radius 3 is 2.60 bits per heavy atom. The van der Waals surface area contributed by atoms with E-state index in [1.807, 2.05) is 4.90 Å². The van der Waals surface area contributed by atoms with Gasteiger partial charge in [-0.3, -0.25) is 9.59 Å². The van der Waals surface area contributed by atoms with Crippen LogP contribution in [0.5, 0.6) is 0 Å². The summed E-state index contributed by atoms with van der Waals surface area (Å²) in [6, 6.07) is -0.317. The van der Waals surface area contributed by atoms with E-state index >= 15 is 0 Å². The van der Waals surface area contributed by atoms with Crippen LogP contribution in [-0.2, 0) is 9.59 Å². The van der Waals surface area contributed by atoms with Crippen molar-refractivity contribution in [3.63, 3.8) is 0 Å². The minimum Gasteiger partial charge on any atom is -0.344 e. The predicted molar refractivity (Wildman–Crippen MR) is 79.2 cm³/mol. The molecule has 1 aliphatic heterocycles. The van der Waals surface area contributed by atoms with Crippen molar-refractivity contribution in [2.45, 2.75) is 65.3 Å². The second-order valence-corrected chi connectivity index (χ2v) is 7.01. The first-order chi connectivity index (χ1) is 9.46. The van der Waals surface area contributed by atoms with Gasteiger partial charge in [0.2, 0.25) is 11.8 Å². The van der Waals surface area contributed by atoms with Crippen LogP contribution in [0.15, 0.2) is 0 Å². The molecule has 4 heteroatoms. The van der Waals surface area contributed by atoms with Crippen molar-refractivity contribution in [1.29, 1.82) is 0 Å². The smallest absolute Gasteiger partial charge is 0.245 e. The number of rotatable bonds is 6. The first kappa shape index (κ1) is 15.3. The van der Waals surface area contributed by atoms with E-state index in [-0.39, 0.29) is 17.9 Å². The zero-order valence-corrected chi connectivity index (χ0v) is 13.1. The van der Waals surface area contributed by atoms with E-state index in [0.717, 1.165) is 13.0 Å². The molecule has 2 fully saturated rings. The summed E-state index contributed by atoms with van der Waals surface area (Å²) in [5.41, 5.74) is 0.361. The maximum absolute atomic E-state index is 12.6. The molecule has 0 spiro atoms. The average molecular weight is 280 g/mol. The first-order valence-corrected chi connectivity index (χ1v) is 8.04. The number of nitrogens with zero attached hydrogens (tertiary/aromatic N) is 1. The summed E-state index contributed by atoms with van der Waals surface area (Å²) in [6.07, 6.45) is 6.04. The highest BCUT2D eigenvalue weighted by atomic mass is 16.2. The SMILES string of the molecule is CCCC1(CN2CCC(=O)NC(CC(C)C)C2=O)CC1. The summed E-state index contributed by atoms with van der Waals surface area (Å²) >= 11 is 0. The first-order valence-electron chi connectivity index (χ1n) is 8.04. The maximum atomic E-state index is 12.6. The van der Waals surface area contributed by atoms with Crippen molar-refractivity contribution < 1.29 is 9.59 Å². The van der Waals surface area contributed by atoms with Crippen molar-refractivity contribution in [2.75, 3.05) is 13.1 Å². The van der Waals surface area contributed by atoms with Gasteiger partial charge in [0.1, 0.15) is 6.04 Å². The zero-order chi connectivity index (χ0) is 14.8. The fraction of sp³-hybridized carbons (Fsp3) is 0.875. The molecular weight excluding hydrogens is 252 g/mol. The Balaban J connectivity index is 2.03. The normalized spacial score (nSPS) is 25.6. The molecule has 1 unspecified atom stereocenters. The summed E-state index contributed by atoms with van der Waals surface area (Å²) in [5, 5.41) is 2.90. The molecule has 1 aliphatic carbocycles. The van der Waals surface area contributed by atoms with Gasteiger partial charge < -0.3 is 10.2 Å². The molecule has 4 nitrogen and oxygen atoms in total. The van der Waals surface area contributed by atoms with Crippen molar-refractivity contribution >= 4 is 11.8 Å². The van der Waals surface area contributed by atoms with Gasteiger partial charge in [-0.1, -0.05) is 27.2 Å². The fourth-order valence-corrected chi connectivity index (χ4v) is 3.28. The summed E-state index contributed by atoms with van der Waals surface area (Å²) in [5.74, 6) is 0.563. The molecule has 2 rings (SSSR count). The molecule has 20 heavy (non-hydrogen) atoms. The Morgan fingerprint density at radius 1 is 1.35 bits per heavy atom. The van der Waals surface area contributed by atoms with Gasteiger partial charge in [0.25, 0.3) is 0 Å². The molecule has 0 aromatic heterocycles. The molecule has 114 valence electrons. The van der Waals surface area contributed by atoms with Crippen LogP contribution in [0.2, 0.25) is 0 Å². The van der Waals surface area contributed by atoms with Crippen LogP contribution in [-0.4, -0.2) is 35.8 Å². The molecular formula is C16H28N2O2. The Bertz CT molecular complexity index is 375. The van der Waals surface area contributed by atoms with Gasteiger partial charge in [0.05, 0.1) is 0 Å². The third-order valence-electron chi connectivity index (χ3n) is 4.52. The number of hydrogen-bond donors (Lipinski definition) is 1. The van der Waals surface area contributed by atoms with E-state index in [0.29, 0.717) is 24.3 Å². The van der Waals surface area contributed by atoms with E-state index in [2.05, 4.69) is 26.1 Å². The van der Waals surface area contributed by atoms with Gasteiger partial charge >= 0.3 is 0 Å². The number of carbonyl (C=O) groups excluding carboxylic acids is 2. The lowest BCUT2D eigenvalue weighted by Crippen LogP contribution is -2.46. The minimum absolute atomic E-state index is 0.0202. The molecule has 2 amide bonds. The molecule has 1 saturated carbocycles. The molecule has 1 N–H and O–H groups in total. The fourth-order valence-electron chi connectivity index (χ4n) is 3.28. The molecule has 0 bridgehead atoms. The van der Waals surface area contributed by atoms with E-state index in [1.54, 1.807) is 0 Å². The minimum atomic E-state index is -0.317. The Kier molecular flexibility index (Phi) is 4.71. The number of hydrogen-bond acceptors (Lipinski definition) is 2. The van der Waals surface area contributed by atoms with Gasteiger partial charge in [0, 0.05) is 19.5 Å². The lowest BCUT2D eigenvalue weighted by molar-refractivity contribution is -0.134. The largest absolute Gasteiger partial charge is 0.344 e.